The van der Waals surface area contributed by atoms with Crippen molar-refractivity contribution in [2.75, 3.05) is 13.7 Å². The van der Waals surface area contributed by atoms with E-state index in [4.69, 9.17) is 5.11 Å². The lowest BCUT2D eigenvalue weighted by Gasteiger charge is -2.07. The molecule has 1 atom stereocenters. The van der Waals surface area contributed by atoms with Crippen molar-refractivity contribution in [3.63, 3.8) is 0 Å². The number of ether oxygens (including phenoxy) is 1. The van der Waals surface area contributed by atoms with Gasteiger partial charge in [0, 0.05) is 5.71 Å². The minimum absolute atomic E-state index is 0.261. The van der Waals surface area contributed by atoms with Crippen LogP contribution in [0.15, 0.2) is 4.99 Å². The number of rotatable bonds is 3. The first kappa shape index (κ1) is 10.7. The molecule has 0 aromatic rings. The molecule has 0 saturated heterocycles. The third-order valence-electron chi connectivity index (χ3n) is 2.23. The van der Waals surface area contributed by atoms with E-state index in [9.17, 15) is 9.59 Å². The molecule has 0 aromatic heterocycles. The third-order valence-corrected chi connectivity index (χ3v) is 2.23. The molecule has 1 saturated carbocycles. The largest absolute Gasteiger partial charge is 0.480 e. The van der Waals surface area contributed by atoms with Crippen LogP contribution in [0.3, 0.4) is 0 Å². The second-order valence-electron chi connectivity index (χ2n) is 3.17. The van der Waals surface area contributed by atoms with Gasteiger partial charge in [0.25, 0.3) is 0 Å². The summed E-state index contributed by atoms with van der Waals surface area (Å²) in [6.45, 7) is -0.261. The van der Waals surface area contributed by atoms with E-state index in [-0.39, 0.29) is 18.4 Å². The van der Waals surface area contributed by atoms with Crippen LogP contribution >= 0.6 is 0 Å². The monoisotopic (exact) mass is 199 g/mol. The van der Waals surface area contributed by atoms with Crippen LogP contribution in [0.5, 0.6) is 0 Å². The molecule has 1 unspecified atom stereocenters. The second-order valence-corrected chi connectivity index (χ2v) is 3.17. The Morgan fingerprint density at radius 3 is 2.93 bits per heavy atom. The van der Waals surface area contributed by atoms with Gasteiger partial charge in [-0.05, 0) is 19.3 Å². The average molecular weight is 199 g/mol. The normalized spacial score (nSPS) is 23.8. The third kappa shape index (κ3) is 2.55. The fraction of sp³-hybridized carbons (Fsp3) is 0.667. The number of aliphatic carboxylic acids is 1. The molecule has 0 bridgehead atoms. The fourth-order valence-electron chi connectivity index (χ4n) is 1.58. The van der Waals surface area contributed by atoms with Crippen molar-refractivity contribution in [1.82, 2.24) is 0 Å². The lowest BCUT2D eigenvalue weighted by Crippen LogP contribution is -2.21. The maximum atomic E-state index is 11.2. The van der Waals surface area contributed by atoms with Gasteiger partial charge in [-0.1, -0.05) is 0 Å². The van der Waals surface area contributed by atoms with Gasteiger partial charge in [0.15, 0.2) is 0 Å². The first-order valence-corrected chi connectivity index (χ1v) is 4.48. The van der Waals surface area contributed by atoms with Gasteiger partial charge in [-0.15, -0.1) is 0 Å². The SMILES string of the molecule is COC(=O)C1CCCC1=NCC(=O)O. The summed E-state index contributed by atoms with van der Waals surface area (Å²) >= 11 is 0. The van der Waals surface area contributed by atoms with E-state index in [0.29, 0.717) is 18.6 Å². The van der Waals surface area contributed by atoms with E-state index in [2.05, 4.69) is 9.73 Å². The van der Waals surface area contributed by atoms with Crippen molar-refractivity contribution >= 4 is 17.7 Å². The van der Waals surface area contributed by atoms with E-state index < -0.39 is 5.97 Å². The minimum atomic E-state index is -0.979. The Labute approximate surface area is 81.8 Å². The number of hydrogen-bond acceptors (Lipinski definition) is 4. The molecule has 1 fully saturated rings. The van der Waals surface area contributed by atoms with Crippen LogP contribution in [0.1, 0.15) is 19.3 Å². The quantitative estimate of drug-likeness (QED) is 0.671. The van der Waals surface area contributed by atoms with Crippen molar-refractivity contribution in [2.45, 2.75) is 19.3 Å². The molecule has 5 heteroatoms. The Hall–Kier alpha value is -1.39. The molecule has 0 radical (unpaired) electrons. The van der Waals surface area contributed by atoms with Gasteiger partial charge in [-0.2, -0.15) is 0 Å². The number of methoxy groups -OCH3 is 1. The van der Waals surface area contributed by atoms with E-state index in [0.717, 1.165) is 6.42 Å². The zero-order valence-electron chi connectivity index (χ0n) is 8.02. The highest BCUT2D eigenvalue weighted by atomic mass is 16.5. The molecule has 5 nitrogen and oxygen atoms in total. The van der Waals surface area contributed by atoms with E-state index in [1.807, 2.05) is 0 Å². The van der Waals surface area contributed by atoms with Crippen molar-refractivity contribution < 1.29 is 19.4 Å². The molecule has 0 aromatic carbocycles. The Morgan fingerprint density at radius 2 is 2.36 bits per heavy atom. The van der Waals surface area contributed by atoms with Crippen LogP contribution < -0.4 is 0 Å². The lowest BCUT2D eigenvalue weighted by molar-refractivity contribution is -0.143. The highest BCUT2D eigenvalue weighted by Gasteiger charge is 2.29. The Morgan fingerprint density at radius 1 is 1.64 bits per heavy atom. The van der Waals surface area contributed by atoms with Gasteiger partial charge < -0.3 is 9.84 Å². The molecule has 78 valence electrons. The van der Waals surface area contributed by atoms with Gasteiger partial charge in [-0.25, -0.2) is 0 Å². The van der Waals surface area contributed by atoms with E-state index >= 15 is 0 Å². The molecule has 0 heterocycles. The Bertz CT molecular complexity index is 272. The number of carboxylic acid groups (broad SMARTS) is 1. The van der Waals surface area contributed by atoms with Crippen molar-refractivity contribution in [2.24, 2.45) is 10.9 Å². The fourth-order valence-corrected chi connectivity index (χ4v) is 1.58. The average Bonchev–Trinajstić information content (AvgIpc) is 2.61. The number of esters is 1. The molecule has 1 aliphatic rings. The van der Waals surface area contributed by atoms with Crippen LogP contribution in [-0.2, 0) is 14.3 Å². The number of aliphatic imine (C=N–C) groups is 1. The summed E-state index contributed by atoms with van der Waals surface area (Å²) in [7, 11) is 1.33. The molecular formula is C9H13NO4. The first-order chi connectivity index (χ1) is 6.65. The highest BCUT2D eigenvalue weighted by Crippen LogP contribution is 2.23. The number of hydrogen-bond donors (Lipinski definition) is 1. The van der Waals surface area contributed by atoms with Crippen LogP contribution in [0.2, 0.25) is 0 Å². The predicted octanol–water partition coefficient (Wildman–Crippen LogP) is 0.485. The Balaban J connectivity index is 2.63. The second kappa shape index (κ2) is 4.74. The summed E-state index contributed by atoms with van der Waals surface area (Å²) in [5.74, 6) is -1.61. The van der Waals surface area contributed by atoms with Gasteiger partial charge in [0.1, 0.15) is 6.54 Å². The highest BCUT2D eigenvalue weighted by molar-refractivity contribution is 6.04. The van der Waals surface area contributed by atoms with Gasteiger partial charge in [0.2, 0.25) is 0 Å². The first-order valence-electron chi connectivity index (χ1n) is 4.48. The molecule has 14 heavy (non-hydrogen) atoms. The molecule has 0 amide bonds. The maximum absolute atomic E-state index is 11.2. The van der Waals surface area contributed by atoms with Crippen molar-refractivity contribution in [1.29, 1.82) is 0 Å². The number of nitrogens with zero attached hydrogens (tertiary/aromatic N) is 1. The van der Waals surface area contributed by atoms with Crippen LogP contribution in [0.4, 0.5) is 0 Å². The topological polar surface area (TPSA) is 76.0 Å². The molecular weight excluding hydrogens is 186 g/mol. The number of carbonyl (C=O) groups is 2. The zero-order valence-corrected chi connectivity index (χ0v) is 8.02. The molecule has 0 aliphatic heterocycles. The summed E-state index contributed by atoms with van der Waals surface area (Å²) in [5.41, 5.74) is 0.666. The molecule has 1 aliphatic carbocycles. The van der Waals surface area contributed by atoms with Crippen LogP contribution in [0.25, 0.3) is 0 Å². The minimum Gasteiger partial charge on any atom is -0.480 e. The molecule has 1 rings (SSSR count). The zero-order chi connectivity index (χ0) is 10.6. The van der Waals surface area contributed by atoms with Gasteiger partial charge in [0.05, 0.1) is 13.0 Å². The summed E-state index contributed by atoms with van der Waals surface area (Å²) < 4.78 is 4.60. The molecule has 1 N–H and O–H groups in total. The van der Waals surface area contributed by atoms with Crippen LogP contribution in [0, 0.1) is 5.92 Å². The summed E-state index contributed by atoms with van der Waals surface area (Å²) in [5, 5.41) is 8.43. The van der Waals surface area contributed by atoms with E-state index in [1.54, 1.807) is 0 Å². The lowest BCUT2D eigenvalue weighted by atomic mass is 10.1. The van der Waals surface area contributed by atoms with Crippen molar-refractivity contribution in [3.8, 4) is 0 Å². The van der Waals surface area contributed by atoms with Gasteiger partial charge >= 0.3 is 11.9 Å². The summed E-state index contributed by atoms with van der Waals surface area (Å²) in [4.78, 5) is 25.4. The predicted molar refractivity (Wildman–Crippen MR) is 49.3 cm³/mol. The number of carboxylic acids is 1. The van der Waals surface area contributed by atoms with Gasteiger partial charge in [-0.3, -0.25) is 14.6 Å². The van der Waals surface area contributed by atoms with Crippen molar-refractivity contribution in [3.05, 3.63) is 0 Å². The van der Waals surface area contributed by atoms with Crippen LogP contribution in [-0.4, -0.2) is 36.4 Å². The standard InChI is InChI=1S/C9H13NO4/c1-14-9(13)6-3-2-4-7(6)10-5-8(11)12/h6H,2-5H2,1H3,(H,11,12). The summed E-state index contributed by atoms with van der Waals surface area (Å²) in [6.07, 6.45) is 2.29. The summed E-state index contributed by atoms with van der Waals surface area (Å²) in [6, 6.07) is 0. The number of carbonyl (C=O) groups excluding carboxylic acids is 1. The van der Waals surface area contributed by atoms with E-state index in [1.165, 1.54) is 7.11 Å². The molecule has 0 spiro atoms. The Kier molecular flexibility index (Phi) is 3.62. The maximum Gasteiger partial charge on any atom is 0.325 e. The smallest absolute Gasteiger partial charge is 0.325 e.